The van der Waals surface area contributed by atoms with Gasteiger partial charge in [0.1, 0.15) is 5.52 Å². The van der Waals surface area contributed by atoms with Crippen molar-refractivity contribution < 1.29 is 4.79 Å². The van der Waals surface area contributed by atoms with E-state index in [0.29, 0.717) is 36.6 Å². The molecule has 4 N–H and O–H groups in total. The normalized spacial score (nSPS) is 10.8. The second-order valence-electron chi connectivity index (χ2n) is 4.88. The highest BCUT2D eigenvalue weighted by molar-refractivity contribution is 7.23. The predicted molar refractivity (Wildman–Crippen MR) is 96.6 cm³/mol. The molecule has 2 aromatic carbocycles. The molecule has 0 aliphatic carbocycles. The number of anilines is 2. The number of aromatic nitrogens is 1. The van der Waals surface area contributed by atoms with E-state index in [2.05, 4.69) is 15.7 Å². The van der Waals surface area contributed by atoms with Gasteiger partial charge in [-0.1, -0.05) is 52.2 Å². The first kappa shape index (κ1) is 16.0. The molecule has 0 aliphatic heterocycles. The van der Waals surface area contributed by atoms with Crippen LogP contribution in [0.25, 0.3) is 10.2 Å². The maximum Gasteiger partial charge on any atom is 0.255 e. The standard InChI is InChI=1S/C15H12Cl2N4OS/c1-7-3-2-4-8(5-7)14(22)19-10-6-9(16)12-13(11(10)17)23-15(20-12)21-18/h2-6H,18H2,1H3,(H,19,22)(H,20,21). The number of fused-ring (bicyclic) bond motifs is 1. The molecule has 0 radical (unpaired) electrons. The van der Waals surface area contributed by atoms with Crippen LogP contribution in [0.5, 0.6) is 0 Å². The van der Waals surface area contributed by atoms with Gasteiger partial charge in [-0.2, -0.15) is 0 Å². The fraction of sp³-hybridized carbons (Fsp3) is 0.0667. The predicted octanol–water partition coefficient (Wildman–Crippen LogP) is 4.45. The summed E-state index contributed by atoms with van der Waals surface area (Å²) in [6.45, 7) is 1.92. The van der Waals surface area contributed by atoms with Crippen molar-refractivity contribution in [3.8, 4) is 0 Å². The number of halogens is 2. The Labute approximate surface area is 146 Å². The Balaban J connectivity index is 2.00. The number of benzene rings is 2. The second-order valence-corrected chi connectivity index (χ2v) is 6.67. The number of hydrogen-bond acceptors (Lipinski definition) is 5. The van der Waals surface area contributed by atoms with Crippen LogP contribution in [-0.4, -0.2) is 10.9 Å². The molecule has 3 rings (SSSR count). The highest BCUT2D eigenvalue weighted by Crippen LogP contribution is 2.40. The van der Waals surface area contributed by atoms with Crippen LogP contribution in [0.3, 0.4) is 0 Å². The lowest BCUT2D eigenvalue weighted by Gasteiger charge is -2.09. The first-order valence-electron chi connectivity index (χ1n) is 6.62. The van der Waals surface area contributed by atoms with Gasteiger partial charge in [0.15, 0.2) is 5.13 Å². The number of nitrogens with one attached hydrogen (secondary N) is 2. The van der Waals surface area contributed by atoms with E-state index in [1.54, 1.807) is 18.2 Å². The Hall–Kier alpha value is -1.86. The molecule has 0 saturated heterocycles. The molecular weight excluding hydrogens is 355 g/mol. The van der Waals surface area contributed by atoms with E-state index < -0.39 is 0 Å². The van der Waals surface area contributed by atoms with Crippen LogP contribution in [0.4, 0.5) is 10.8 Å². The van der Waals surface area contributed by atoms with Gasteiger partial charge in [0, 0.05) is 5.56 Å². The van der Waals surface area contributed by atoms with Crippen molar-refractivity contribution >= 4 is 61.5 Å². The SMILES string of the molecule is Cc1cccc(C(=O)Nc2cc(Cl)c3nc(NN)sc3c2Cl)c1. The lowest BCUT2D eigenvalue weighted by atomic mass is 10.1. The highest BCUT2D eigenvalue weighted by Gasteiger charge is 2.17. The van der Waals surface area contributed by atoms with Crippen LogP contribution in [-0.2, 0) is 0 Å². The molecule has 0 saturated carbocycles. The molecule has 0 atom stereocenters. The summed E-state index contributed by atoms with van der Waals surface area (Å²) in [6.07, 6.45) is 0. The maximum atomic E-state index is 12.4. The highest BCUT2D eigenvalue weighted by atomic mass is 35.5. The zero-order valence-corrected chi connectivity index (χ0v) is 14.3. The minimum Gasteiger partial charge on any atom is -0.321 e. The lowest BCUT2D eigenvalue weighted by Crippen LogP contribution is -2.12. The molecule has 5 nitrogen and oxygen atoms in total. The van der Waals surface area contributed by atoms with Crippen molar-refractivity contribution in [2.75, 3.05) is 10.7 Å². The van der Waals surface area contributed by atoms with Gasteiger partial charge in [0.25, 0.3) is 5.91 Å². The van der Waals surface area contributed by atoms with Gasteiger partial charge in [-0.25, -0.2) is 10.8 Å². The molecule has 23 heavy (non-hydrogen) atoms. The molecule has 0 spiro atoms. The minimum atomic E-state index is -0.257. The fourth-order valence-electron chi connectivity index (χ4n) is 2.15. The minimum absolute atomic E-state index is 0.257. The summed E-state index contributed by atoms with van der Waals surface area (Å²) >= 11 is 13.9. The van der Waals surface area contributed by atoms with E-state index in [0.717, 1.165) is 5.56 Å². The first-order valence-corrected chi connectivity index (χ1v) is 8.20. The molecule has 8 heteroatoms. The molecule has 118 valence electrons. The van der Waals surface area contributed by atoms with Crippen LogP contribution >= 0.6 is 34.5 Å². The Bertz CT molecular complexity index is 910. The third kappa shape index (κ3) is 3.11. The van der Waals surface area contributed by atoms with E-state index in [9.17, 15) is 4.79 Å². The number of nitrogens with two attached hydrogens (primary N) is 1. The van der Waals surface area contributed by atoms with Gasteiger partial charge in [0.2, 0.25) is 0 Å². The molecular formula is C15H12Cl2N4OS. The molecule has 1 aromatic heterocycles. The zero-order chi connectivity index (χ0) is 16.6. The number of amides is 1. The Morgan fingerprint density at radius 1 is 1.30 bits per heavy atom. The van der Waals surface area contributed by atoms with E-state index in [1.807, 2.05) is 19.1 Å². The van der Waals surface area contributed by atoms with Crippen molar-refractivity contribution in [1.29, 1.82) is 0 Å². The Morgan fingerprint density at radius 3 is 2.78 bits per heavy atom. The number of aryl methyl sites for hydroxylation is 1. The third-order valence-corrected chi connectivity index (χ3v) is 5.01. The molecule has 1 amide bonds. The summed E-state index contributed by atoms with van der Waals surface area (Å²) in [4.78, 5) is 16.6. The average Bonchev–Trinajstić information content (AvgIpc) is 2.97. The van der Waals surface area contributed by atoms with Gasteiger partial charge in [-0.15, -0.1) is 0 Å². The van der Waals surface area contributed by atoms with Crippen LogP contribution in [0.15, 0.2) is 30.3 Å². The third-order valence-electron chi connectivity index (χ3n) is 3.21. The summed E-state index contributed by atoms with van der Waals surface area (Å²) in [5.41, 5.74) is 4.99. The topological polar surface area (TPSA) is 80.0 Å². The number of carbonyl (C=O) groups excluding carboxylic acids is 1. The summed E-state index contributed by atoms with van der Waals surface area (Å²) in [6, 6.07) is 8.86. The van der Waals surface area contributed by atoms with Crippen molar-refractivity contribution in [3.05, 3.63) is 51.5 Å². The summed E-state index contributed by atoms with van der Waals surface area (Å²) in [5, 5.41) is 4.05. The van der Waals surface area contributed by atoms with Crippen molar-refractivity contribution in [2.45, 2.75) is 6.92 Å². The van der Waals surface area contributed by atoms with Crippen LogP contribution in [0.1, 0.15) is 15.9 Å². The number of hydrazine groups is 1. The smallest absolute Gasteiger partial charge is 0.255 e. The maximum absolute atomic E-state index is 12.4. The zero-order valence-electron chi connectivity index (χ0n) is 12.0. The molecule has 0 bridgehead atoms. The number of carbonyl (C=O) groups is 1. The van der Waals surface area contributed by atoms with Gasteiger partial charge in [-0.05, 0) is 25.1 Å². The van der Waals surface area contributed by atoms with E-state index in [-0.39, 0.29) is 5.91 Å². The largest absolute Gasteiger partial charge is 0.321 e. The van der Waals surface area contributed by atoms with Crippen molar-refractivity contribution in [3.63, 3.8) is 0 Å². The van der Waals surface area contributed by atoms with E-state index >= 15 is 0 Å². The number of hydrogen-bond donors (Lipinski definition) is 3. The second kappa shape index (κ2) is 6.33. The number of rotatable bonds is 3. The van der Waals surface area contributed by atoms with Crippen LogP contribution < -0.4 is 16.6 Å². The summed E-state index contributed by atoms with van der Waals surface area (Å²) in [5.74, 6) is 5.11. The summed E-state index contributed by atoms with van der Waals surface area (Å²) < 4.78 is 0.659. The molecule has 3 aromatic rings. The van der Waals surface area contributed by atoms with Gasteiger partial charge < -0.3 is 5.32 Å². The van der Waals surface area contributed by atoms with Crippen molar-refractivity contribution in [1.82, 2.24) is 4.98 Å². The average molecular weight is 367 g/mol. The van der Waals surface area contributed by atoms with Gasteiger partial charge in [-0.3, -0.25) is 10.2 Å². The Kier molecular flexibility index (Phi) is 4.41. The molecule has 0 aliphatic rings. The van der Waals surface area contributed by atoms with Crippen LogP contribution in [0.2, 0.25) is 10.0 Å². The Morgan fingerprint density at radius 2 is 2.09 bits per heavy atom. The number of nitrogen functional groups attached to an aromatic ring is 1. The van der Waals surface area contributed by atoms with Gasteiger partial charge in [0.05, 0.1) is 20.4 Å². The molecule has 1 heterocycles. The lowest BCUT2D eigenvalue weighted by molar-refractivity contribution is 0.102. The number of thiazole rings is 1. The summed E-state index contributed by atoms with van der Waals surface area (Å²) in [7, 11) is 0. The van der Waals surface area contributed by atoms with Gasteiger partial charge >= 0.3 is 0 Å². The van der Waals surface area contributed by atoms with E-state index in [1.165, 1.54) is 11.3 Å². The monoisotopic (exact) mass is 366 g/mol. The first-order chi connectivity index (χ1) is 11.0. The number of nitrogens with zero attached hydrogens (tertiary/aromatic N) is 1. The van der Waals surface area contributed by atoms with Crippen molar-refractivity contribution in [2.24, 2.45) is 5.84 Å². The van der Waals surface area contributed by atoms with Crippen LogP contribution in [0, 0.1) is 6.92 Å². The van der Waals surface area contributed by atoms with E-state index in [4.69, 9.17) is 29.0 Å². The molecule has 0 unspecified atom stereocenters. The fourth-order valence-corrected chi connectivity index (χ4v) is 3.59. The quantitative estimate of drug-likeness (QED) is 0.472. The molecule has 0 fully saturated rings.